The number of carbonyl (C=O) groups is 3. The molecule has 0 radical (unpaired) electrons. The second-order valence-corrected chi connectivity index (χ2v) is 6.84. The van der Waals surface area contributed by atoms with E-state index < -0.39 is 11.8 Å². The zero-order valence-corrected chi connectivity index (χ0v) is 15.7. The molecule has 0 bridgehead atoms. The van der Waals surface area contributed by atoms with Gasteiger partial charge < -0.3 is 20.9 Å². The molecule has 1 aliphatic rings. The summed E-state index contributed by atoms with van der Waals surface area (Å²) < 4.78 is 0. The van der Waals surface area contributed by atoms with Crippen LogP contribution in [0.4, 0.5) is 0 Å². The van der Waals surface area contributed by atoms with E-state index in [4.69, 9.17) is 5.73 Å². The summed E-state index contributed by atoms with van der Waals surface area (Å²) in [5.74, 6) is -1.03. The molecule has 1 saturated heterocycles. The number of nitrogens with zero attached hydrogens (tertiary/aromatic N) is 2. The fourth-order valence-electron chi connectivity index (χ4n) is 2.87. The van der Waals surface area contributed by atoms with Gasteiger partial charge in [-0.15, -0.1) is 0 Å². The quantitative estimate of drug-likeness (QED) is 0.697. The minimum atomic E-state index is -0.623. The molecule has 3 N–H and O–H groups in total. The third kappa shape index (κ3) is 4.82. The lowest BCUT2D eigenvalue weighted by molar-refractivity contribution is -0.156. The van der Waals surface area contributed by atoms with Gasteiger partial charge in [-0.3, -0.25) is 14.4 Å². The van der Waals surface area contributed by atoms with Crippen LogP contribution in [0.1, 0.15) is 43.9 Å². The van der Waals surface area contributed by atoms with Crippen LogP contribution in [-0.4, -0.2) is 60.2 Å². The smallest absolute Gasteiger partial charge is 0.312 e. The summed E-state index contributed by atoms with van der Waals surface area (Å²) in [6.07, 6.45) is 0. The molecule has 1 aliphatic heterocycles. The number of amides is 3. The normalized spacial score (nSPS) is 16.2. The van der Waals surface area contributed by atoms with E-state index in [9.17, 15) is 14.4 Å². The average molecular weight is 360 g/mol. The monoisotopic (exact) mass is 360 g/mol. The SMILES string of the molecule is CCN1CCN(CC(=O)NCC(N)c2ccc(C(C)C)cc2)C(=O)C1=O. The van der Waals surface area contributed by atoms with Gasteiger partial charge in [0.25, 0.3) is 0 Å². The van der Waals surface area contributed by atoms with Crippen LogP contribution < -0.4 is 11.1 Å². The van der Waals surface area contributed by atoms with E-state index in [2.05, 4.69) is 19.2 Å². The molecule has 1 aromatic carbocycles. The zero-order chi connectivity index (χ0) is 19.3. The highest BCUT2D eigenvalue weighted by atomic mass is 16.2. The van der Waals surface area contributed by atoms with Crippen molar-refractivity contribution in [2.45, 2.75) is 32.7 Å². The molecule has 1 heterocycles. The maximum Gasteiger partial charge on any atom is 0.312 e. The number of benzene rings is 1. The Labute approximate surface area is 154 Å². The number of nitrogens with two attached hydrogens (primary N) is 1. The third-order valence-electron chi connectivity index (χ3n) is 4.66. The van der Waals surface area contributed by atoms with Gasteiger partial charge >= 0.3 is 11.8 Å². The summed E-state index contributed by atoms with van der Waals surface area (Å²) in [5, 5.41) is 2.74. The van der Waals surface area contributed by atoms with Crippen molar-refractivity contribution < 1.29 is 14.4 Å². The predicted octanol–water partition coefficient (Wildman–Crippen LogP) is 0.617. The van der Waals surface area contributed by atoms with Crippen LogP contribution in [0.25, 0.3) is 0 Å². The largest absolute Gasteiger partial charge is 0.353 e. The van der Waals surface area contributed by atoms with E-state index in [1.54, 1.807) is 0 Å². The van der Waals surface area contributed by atoms with Crippen LogP contribution in [-0.2, 0) is 14.4 Å². The summed E-state index contributed by atoms with van der Waals surface area (Å²) in [4.78, 5) is 38.7. The number of piperazine rings is 1. The molecular weight excluding hydrogens is 332 g/mol. The summed E-state index contributed by atoms with van der Waals surface area (Å²) in [6.45, 7) is 7.55. The maximum atomic E-state index is 12.1. The van der Waals surface area contributed by atoms with E-state index in [1.165, 1.54) is 15.4 Å². The Hall–Kier alpha value is -2.41. The lowest BCUT2D eigenvalue weighted by Gasteiger charge is -2.32. The zero-order valence-electron chi connectivity index (χ0n) is 15.7. The molecule has 26 heavy (non-hydrogen) atoms. The van der Waals surface area contributed by atoms with E-state index in [-0.39, 0.29) is 25.0 Å². The van der Waals surface area contributed by atoms with Crippen LogP contribution in [0.2, 0.25) is 0 Å². The minimum absolute atomic E-state index is 0.124. The van der Waals surface area contributed by atoms with E-state index in [0.717, 1.165) is 5.56 Å². The number of hydrogen-bond donors (Lipinski definition) is 2. The first kappa shape index (κ1) is 19.9. The van der Waals surface area contributed by atoms with Crippen molar-refractivity contribution in [1.82, 2.24) is 15.1 Å². The van der Waals surface area contributed by atoms with Gasteiger partial charge in [-0.05, 0) is 24.0 Å². The first-order valence-corrected chi connectivity index (χ1v) is 9.03. The van der Waals surface area contributed by atoms with Crippen LogP contribution in [0.15, 0.2) is 24.3 Å². The molecule has 1 unspecified atom stereocenters. The number of carbonyl (C=O) groups excluding carboxylic acids is 3. The second-order valence-electron chi connectivity index (χ2n) is 6.84. The van der Waals surface area contributed by atoms with Crippen LogP contribution >= 0.6 is 0 Å². The molecular formula is C19H28N4O3. The summed E-state index contributed by atoms with van der Waals surface area (Å²) in [6, 6.07) is 7.70. The van der Waals surface area contributed by atoms with Gasteiger partial charge in [0.05, 0.1) is 0 Å². The first-order chi connectivity index (χ1) is 12.3. The van der Waals surface area contributed by atoms with Gasteiger partial charge in [0.1, 0.15) is 6.54 Å². The van der Waals surface area contributed by atoms with Crippen molar-refractivity contribution in [2.75, 3.05) is 32.7 Å². The summed E-state index contributed by atoms with van der Waals surface area (Å²) in [7, 11) is 0. The Balaban J connectivity index is 1.83. The molecule has 0 aromatic heterocycles. The molecule has 3 amide bonds. The molecule has 0 saturated carbocycles. The van der Waals surface area contributed by atoms with E-state index in [0.29, 0.717) is 25.6 Å². The third-order valence-corrected chi connectivity index (χ3v) is 4.66. The lowest BCUT2D eigenvalue weighted by Crippen LogP contribution is -2.56. The standard InChI is InChI=1S/C19H28N4O3/c1-4-22-9-10-23(19(26)18(22)25)12-17(24)21-11-16(20)15-7-5-14(6-8-15)13(2)3/h5-8,13,16H,4,9-12,20H2,1-3H3,(H,21,24). The Morgan fingerprint density at radius 1 is 1.08 bits per heavy atom. The molecule has 0 aliphatic carbocycles. The Kier molecular flexibility index (Phi) is 6.74. The molecule has 7 nitrogen and oxygen atoms in total. The topological polar surface area (TPSA) is 95.7 Å². The molecule has 142 valence electrons. The van der Waals surface area contributed by atoms with Crippen LogP contribution in [0, 0.1) is 0 Å². The fraction of sp³-hybridized carbons (Fsp3) is 0.526. The van der Waals surface area contributed by atoms with E-state index >= 15 is 0 Å². The maximum absolute atomic E-state index is 12.1. The van der Waals surface area contributed by atoms with Crippen molar-refractivity contribution in [3.8, 4) is 0 Å². The molecule has 1 atom stereocenters. The van der Waals surface area contributed by atoms with E-state index in [1.807, 2.05) is 31.2 Å². The average Bonchev–Trinajstić information content (AvgIpc) is 2.63. The Morgan fingerprint density at radius 3 is 2.19 bits per heavy atom. The number of nitrogens with one attached hydrogen (secondary N) is 1. The Morgan fingerprint density at radius 2 is 1.62 bits per heavy atom. The highest BCUT2D eigenvalue weighted by molar-refractivity contribution is 6.35. The highest BCUT2D eigenvalue weighted by Crippen LogP contribution is 2.17. The molecule has 1 fully saturated rings. The highest BCUT2D eigenvalue weighted by Gasteiger charge is 2.32. The van der Waals surface area contributed by atoms with Gasteiger partial charge in [0.15, 0.2) is 0 Å². The second kappa shape index (κ2) is 8.80. The summed E-state index contributed by atoms with van der Waals surface area (Å²) >= 11 is 0. The molecule has 2 rings (SSSR count). The van der Waals surface area contributed by atoms with Crippen molar-refractivity contribution in [2.24, 2.45) is 5.73 Å². The molecule has 1 aromatic rings. The summed E-state index contributed by atoms with van der Waals surface area (Å²) in [5.41, 5.74) is 8.31. The number of likely N-dealkylation sites (N-methyl/N-ethyl adjacent to an activating group) is 1. The van der Waals surface area contributed by atoms with Crippen molar-refractivity contribution in [1.29, 1.82) is 0 Å². The van der Waals surface area contributed by atoms with Crippen molar-refractivity contribution >= 4 is 17.7 Å². The minimum Gasteiger partial charge on any atom is -0.353 e. The number of rotatable bonds is 7. The van der Waals surface area contributed by atoms with Crippen LogP contribution in [0.5, 0.6) is 0 Å². The van der Waals surface area contributed by atoms with Crippen molar-refractivity contribution in [3.05, 3.63) is 35.4 Å². The van der Waals surface area contributed by atoms with Gasteiger partial charge in [0, 0.05) is 32.2 Å². The van der Waals surface area contributed by atoms with Gasteiger partial charge in [0.2, 0.25) is 5.91 Å². The predicted molar refractivity (Wildman–Crippen MR) is 99.3 cm³/mol. The fourth-order valence-corrected chi connectivity index (χ4v) is 2.87. The van der Waals surface area contributed by atoms with Gasteiger partial charge in [-0.2, -0.15) is 0 Å². The van der Waals surface area contributed by atoms with Gasteiger partial charge in [-0.25, -0.2) is 0 Å². The number of hydrogen-bond acceptors (Lipinski definition) is 4. The Bertz CT molecular complexity index is 657. The molecule has 7 heteroatoms. The van der Waals surface area contributed by atoms with Gasteiger partial charge in [-0.1, -0.05) is 38.1 Å². The van der Waals surface area contributed by atoms with Crippen molar-refractivity contribution in [3.63, 3.8) is 0 Å². The first-order valence-electron chi connectivity index (χ1n) is 9.03. The van der Waals surface area contributed by atoms with Crippen LogP contribution in [0.3, 0.4) is 0 Å². The lowest BCUT2D eigenvalue weighted by atomic mass is 9.99. The molecule has 0 spiro atoms.